The van der Waals surface area contributed by atoms with Crippen molar-refractivity contribution in [1.82, 2.24) is 0 Å². The zero-order chi connectivity index (χ0) is 14.2. The third kappa shape index (κ3) is 3.07. The molecule has 2 aromatic carbocycles. The van der Waals surface area contributed by atoms with Crippen molar-refractivity contribution in [2.24, 2.45) is 0 Å². The maximum atomic E-state index is 13.8. The topological polar surface area (TPSA) is 20.2 Å². The van der Waals surface area contributed by atoms with Gasteiger partial charge in [0.15, 0.2) is 0 Å². The van der Waals surface area contributed by atoms with E-state index < -0.39 is 17.7 Å². The molecule has 0 aliphatic rings. The highest BCUT2D eigenvalue weighted by Crippen LogP contribution is 2.29. The Morgan fingerprint density at radius 3 is 2.47 bits per heavy atom. The second-order valence-electron chi connectivity index (χ2n) is 4.20. The first kappa shape index (κ1) is 14.7. The molecule has 1 nitrogen and oxygen atoms in total. The molecule has 0 aliphatic heterocycles. The number of aryl methyl sites for hydroxylation is 1. The number of rotatable bonds is 2. The molecule has 0 aliphatic carbocycles. The van der Waals surface area contributed by atoms with Crippen LogP contribution in [-0.4, -0.2) is 5.11 Å². The Morgan fingerprint density at radius 1 is 1.16 bits per heavy atom. The maximum Gasteiger partial charge on any atom is 0.129 e. The molecule has 1 unspecified atom stereocenters. The first-order chi connectivity index (χ1) is 8.90. The van der Waals surface area contributed by atoms with E-state index in [-0.39, 0.29) is 11.1 Å². The molecule has 100 valence electrons. The summed E-state index contributed by atoms with van der Waals surface area (Å²) < 4.78 is 28.1. The molecule has 1 atom stereocenters. The van der Waals surface area contributed by atoms with Crippen LogP contribution in [0, 0.1) is 22.1 Å². The average molecular weight is 395 g/mol. The fourth-order valence-corrected chi connectivity index (χ4v) is 2.26. The molecule has 0 saturated carbocycles. The van der Waals surface area contributed by atoms with Gasteiger partial charge >= 0.3 is 0 Å². The lowest BCUT2D eigenvalue weighted by Gasteiger charge is -2.14. The minimum absolute atomic E-state index is 0.0969. The van der Waals surface area contributed by atoms with Gasteiger partial charge in [0, 0.05) is 9.13 Å². The summed E-state index contributed by atoms with van der Waals surface area (Å²) in [6.45, 7) is 1.47. The van der Waals surface area contributed by atoms with E-state index in [1.165, 1.54) is 6.92 Å². The van der Waals surface area contributed by atoms with Crippen molar-refractivity contribution in [1.29, 1.82) is 0 Å². The summed E-state index contributed by atoms with van der Waals surface area (Å²) in [4.78, 5) is 0. The van der Waals surface area contributed by atoms with Crippen LogP contribution in [0.15, 0.2) is 30.3 Å². The van der Waals surface area contributed by atoms with E-state index in [1.807, 2.05) is 22.6 Å². The van der Waals surface area contributed by atoms with E-state index in [0.717, 1.165) is 15.7 Å². The largest absolute Gasteiger partial charge is 0.384 e. The van der Waals surface area contributed by atoms with E-state index in [9.17, 15) is 13.9 Å². The third-order valence-electron chi connectivity index (χ3n) is 2.83. The van der Waals surface area contributed by atoms with Crippen molar-refractivity contribution in [2.75, 3.05) is 0 Å². The van der Waals surface area contributed by atoms with Gasteiger partial charge in [-0.25, -0.2) is 8.78 Å². The fourth-order valence-electron chi connectivity index (χ4n) is 1.73. The van der Waals surface area contributed by atoms with Crippen LogP contribution >= 0.6 is 34.2 Å². The molecule has 0 amide bonds. The van der Waals surface area contributed by atoms with Gasteiger partial charge in [-0.3, -0.25) is 0 Å². The lowest BCUT2D eigenvalue weighted by Crippen LogP contribution is -2.04. The van der Waals surface area contributed by atoms with Crippen LogP contribution in [0.25, 0.3) is 0 Å². The number of aliphatic hydroxyl groups is 1. The molecule has 0 aromatic heterocycles. The van der Waals surface area contributed by atoms with Gasteiger partial charge in [0.05, 0.1) is 5.02 Å². The van der Waals surface area contributed by atoms with Gasteiger partial charge < -0.3 is 5.11 Å². The molecule has 2 rings (SSSR count). The lowest BCUT2D eigenvalue weighted by molar-refractivity contribution is 0.214. The quantitative estimate of drug-likeness (QED) is 0.738. The van der Waals surface area contributed by atoms with Crippen molar-refractivity contribution in [2.45, 2.75) is 13.0 Å². The molecule has 0 saturated heterocycles. The van der Waals surface area contributed by atoms with Crippen molar-refractivity contribution in [3.63, 3.8) is 0 Å². The molecular weight excluding hydrogens is 385 g/mol. The summed E-state index contributed by atoms with van der Waals surface area (Å²) in [5.41, 5.74) is 0.530. The molecule has 0 bridgehead atoms. The summed E-state index contributed by atoms with van der Waals surface area (Å²) in [7, 11) is 0. The van der Waals surface area contributed by atoms with Crippen molar-refractivity contribution in [3.8, 4) is 0 Å². The van der Waals surface area contributed by atoms with Gasteiger partial charge in [0.25, 0.3) is 0 Å². The molecule has 0 heterocycles. The van der Waals surface area contributed by atoms with Gasteiger partial charge in [-0.1, -0.05) is 17.7 Å². The Labute approximate surface area is 128 Å². The first-order valence-electron chi connectivity index (χ1n) is 5.48. The Balaban J connectivity index is 2.46. The molecule has 2 aromatic rings. The number of halogens is 4. The zero-order valence-electron chi connectivity index (χ0n) is 9.92. The Bertz CT molecular complexity index is 631. The molecule has 0 fully saturated rings. The van der Waals surface area contributed by atoms with Crippen LogP contribution in [0.4, 0.5) is 8.78 Å². The van der Waals surface area contributed by atoms with Crippen LogP contribution in [0.3, 0.4) is 0 Å². The van der Waals surface area contributed by atoms with Gasteiger partial charge in [0.1, 0.15) is 17.7 Å². The van der Waals surface area contributed by atoms with Crippen molar-refractivity contribution < 1.29 is 13.9 Å². The van der Waals surface area contributed by atoms with Gasteiger partial charge in [-0.15, -0.1) is 0 Å². The summed E-state index contributed by atoms with van der Waals surface area (Å²) in [6.07, 6.45) is -1.25. The molecule has 0 spiro atoms. The maximum absolute atomic E-state index is 13.8. The highest BCUT2D eigenvalue weighted by atomic mass is 127. The summed E-state index contributed by atoms with van der Waals surface area (Å²) >= 11 is 8.00. The molecular formula is C14H10ClF2IO. The van der Waals surface area contributed by atoms with Gasteiger partial charge in [-0.05, 0) is 64.9 Å². The van der Waals surface area contributed by atoms with Crippen molar-refractivity contribution >= 4 is 34.2 Å². The lowest BCUT2D eigenvalue weighted by atomic mass is 9.99. The first-order valence-corrected chi connectivity index (χ1v) is 6.94. The Morgan fingerprint density at radius 2 is 1.84 bits per heavy atom. The fraction of sp³-hybridized carbons (Fsp3) is 0.143. The van der Waals surface area contributed by atoms with E-state index >= 15 is 0 Å². The standard InChI is InChI=1S/C14H10ClF2IO/c1-7-4-12(17)9(6-11(7)16)14(19)8-2-3-13(18)10(15)5-8/h2-6,14,19H,1H3. The zero-order valence-corrected chi connectivity index (χ0v) is 12.8. The molecule has 5 heteroatoms. The smallest absolute Gasteiger partial charge is 0.129 e. The SMILES string of the molecule is Cc1cc(F)c(C(O)c2ccc(I)c(Cl)c2)cc1F. The van der Waals surface area contributed by atoms with Crippen molar-refractivity contribution in [3.05, 3.63) is 67.2 Å². The summed E-state index contributed by atoms with van der Waals surface area (Å²) in [6, 6.07) is 6.98. The highest BCUT2D eigenvalue weighted by molar-refractivity contribution is 14.1. The summed E-state index contributed by atoms with van der Waals surface area (Å²) in [5.74, 6) is -1.19. The van der Waals surface area contributed by atoms with Crippen LogP contribution < -0.4 is 0 Å². The van der Waals surface area contributed by atoms with Gasteiger partial charge in [-0.2, -0.15) is 0 Å². The summed E-state index contributed by atoms with van der Waals surface area (Å²) in [5, 5.41) is 10.6. The van der Waals surface area contributed by atoms with E-state index in [1.54, 1.807) is 18.2 Å². The molecule has 0 radical (unpaired) electrons. The average Bonchev–Trinajstić information content (AvgIpc) is 2.36. The minimum Gasteiger partial charge on any atom is -0.384 e. The highest BCUT2D eigenvalue weighted by Gasteiger charge is 2.18. The minimum atomic E-state index is -1.25. The predicted molar refractivity (Wildman–Crippen MR) is 79.3 cm³/mol. The van der Waals surface area contributed by atoms with E-state index in [2.05, 4.69) is 0 Å². The van der Waals surface area contributed by atoms with Crippen LogP contribution in [0.5, 0.6) is 0 Å². The number of benzene rings is 2. The molecule has 19 heavy (non-hydrogen) atoms. The Kier molecular flexibility index (Phi) is 4.43. The van der Waals surface area contributed by atoms with Crippen LogP contribution in [-0.2, 0) is 0 Å². The van der Waals surface area contributed by atoms with E-state index in [4.69, 9.17) is 11.6 Å². The number of hydrogen-bond donors (Lipinski definition) is 1. The monoisotopic (exact) mass is 394 g/mol. The van der Waals surface area contributed by atoms with Crippen LogP contribution in [0.1, 0.15) is 22.8 Å². The molecule has 1 N–H and O–H groups in total. The van der Waals surface area contributed by atoms with Crippen LogP contribution in [0.2, 0.25) is 5.02 Å². The number of hydrogen-bond acceptors (Lipinski definition) is 1. The Hall–Kier alpha value is -0.720. The number of aliphatic hydroxyl groups excluding tert-OH is 1. The normalized spacial score (nSPS) is 12.5. The predicted octanol–water partition coefficient (Wildman–Crippen LogP) is 4.61. The second-order valence-corrected chi connectivity index (χ2v) is 5.77. The second kappa shape index (κ2) is 5.73. The van der Waals surface area contributed by atoms with Gasteiger partial charge in [0.2, 0.25) is 0 Å². The third-order valence-corrected chi connectivity index (χ3v) is 4.40. The van der Waals surface area contributed by atoms with E-state index in [0.29, 0.717) is 10.6 Å².